The topological polar surface area (TPSA) is 66.4 Å². The van der Waals surface area contributed by atoms with E-state index >= 15 is 0 Å². The van der Waals surface area contributed by atoms with Crippen LogP contribution in [0.25, 0.3) is 0 Å². The van der Waals surface area contributed by atoms with Crippen LogP contribution < -0.4 is 10.6 Å². The van der Waals surface area contributed by atoms with E-state index in [0.29, 0.717) is 17.4 Å². The van der Waals surface area contributed by atoms with Crippen LogP contribution in [-0.4, -0.2) is 38.7 Å². The molecule has 0 amide bonds. The smallest absolute Gasteiger partial charge is 0.191 e. The fraction of sp³-hybridized carbons (Fsp3) is 0.647. The van der Waals surface area contributed by atoms with Crippen molar-refractivity contribution in [3.63, 3.8) is 0 Å². The molecule has 0 bridgehead atoms. The number of hydrogen-bond donors (Lipinski definition) is 2. The number of aliphatic imine (C=N–C) groups is 1. The van der Waals surface area contributed by atoms with Crippen molar-refractivity contribution in [3.8, 4) is 0 Å². The molecule has 1 aromatic rings. The first-order valence-electron chi connectivity index (χ1n) is 8.65. The fourth-order valence-electron chi connectivity index (χ4n) is 2.95. The molecule has 3 atom stereocenters. The van der Waals surface area contributed by atoms with Crippen molar-refractivity contribution in [2.45, 2.75) is 57.4 Å². The van der Waals surface area contributed by atoms with Crippen molar-refractivity contribution in [1.82, 2.24) is 15.6 Å². The molecule has 0 aromatic carbocycles. The minimum atomic E-state index is -0.749. The van der Waals surface area contributed by atoms with E-state index in [0.717, 1.165) is 32.2 Å². The zero-order chi connectivity index (χ0) is 17.4. The normalized spacial score (nSPS) is 22.9. The van der Waals surface area contributed by atoms with E-state index in [1.165, 1.54) is 6.07 Å². The van der Waals surface area contributed by atoms with Crippen LogP contribution in [0.3, 0.4) is 0 Å². The average Bonchev–Trinajstić information content (AvgIpc) is 2.60. The Balaban J connectivity index is 1.98. The van der Waals surface area contributed by atoms with E-state index in [4.69, 9.17) is 0 Å². The highest BCUT2D eigenvalue weighted by molar-refractivity contribution is 7.85. The van der Waals surface area contributed by atoms with Crippen molar-refractivity contribution >= 4 is 16.8 Å². The summed E-state index contributed by atoms with van der Waals surface area (Å²) < 4.78 is 25.7. The third kappa shape index (κ3) is 5.54. The summed E-state index contributed by atoms with van der Waals surface area (Å²) in [6, 6.07) is 3.22. The lowest BCUT2D eigenvalue weighted by Crippen LogP contribution is -2.46. The summed E-state index contributed by atoms with van der Waals surface area (Å²) >= 11 is 0. The molecule has 0 saturated heterocycles. The van der Waals surface area contributed by atoms with Gasteiger partial charge in [-0.05, 0) is 38.3 Å². The molecule has 1 aliphatic carbocycles. The van der Waals surface area contributed by atoms with Crippen molar-refractivity contribution < 1.29 is 8.60 Å². The summed E-state index contributed by atoms with van der Waals surface area (Å²) in [4.78, 5) is 8.47. The molecular formula is C17H27FN4OS. The molecule has 3 unspecified atom stereocenters. The zero-order valence-electron chi connectivity index (χ0n) is 14.4. The highest BCUT2D eigenvalue weighted by atomic mass is 32.2. The van der Waals surface area contributed by atoms with Gasteiger partial charge in [0.15, 0.2) is 5.96 Å². The van der Waals surface area contributed by atoms with E-state index < -0.39 is 10.8 Å². The first-order chi connectivity index (χ1) is 11.6. The lowest BCUT2D eigenvalue weighted by Gasteiger charge is -2.30. The van der Waals surface area contributed by atoms with Gasteiger partial charge in [-0.2, -0.15) is 0 Å². The average molecular weight is 354 g/mol. The van der Waals surface area contributed by atoms with E-state index in [9.17, 15) is 8.60 Å². The van der Waals surface area contributed by atoms with Gasteiger partial charge in [-0.25, -0.2) is 9.38 Å². The minimum Gasteiger partial charge on any atom is -0.357 e. The number of aromatic nitrogens is 1. The van der Waals surface area contributed by atoms with E-state index in [1.54, 1.807) is 12.3 Å². The molecule has 0 spiro atoms. The molecule has 134 valence electrons. The molecule has 5 nitrogen and oxygen atoms in total. The summed E-state index contributed by atoms with van der Waals surface area (Å²) in [7, 11) is -0.749. The lowest BCUT2D eigenvalue weighted by molar-refractivity contribution is 0.413. The Morgan fingerprint density at radius 2 is 2.29 bits per heavy atom. The summed E-state index contributed by atoms with van der Waals surface area (Å²) in [6.45, 7) is 4.89. The van der Waals surface area contributed by atoms with Gasteiger partial charge < -0.3 is 10.6 Å². The van der Waals surface area contributed by atoms with Crippen LogP contribution in [-0.2, 0) is 17.3 Å². The van der Waals surface area contributed by atoms with E-state index in [1.807, 2.05) is 13.8 Å². The maximum atomic E-state index is 13.7. The first-order valence-corrected chi connectivity index (χ1v) is 10.0. The second kappa shape index (κ2) is 9.71. The quantitative estimate of drug-likeness (QED) is 0.608. The Hall–Kier alpha value is -1.50. The molecule has 0 radical (unpaired) electrons. The number of guanidine groups is 1. The second-order valence-corrected chi connectivity index (χ2v) is 7.93. The molecule has 1 aromatic heterocycles. The van der Waals surface area contributed by atoms with Gasteiger partial charge >= 0.3 is 0 Å². The molecule has 2 rings (SSSR count). The number of hydrogen-bond acceptors (Lipinski definition) is 3. The van der Waals surface area contributed by atoms with Gasteiger partial charge in [-0.3, -0.25) is 9.19 Å². The maximum absolute atomic E-state index is 13.7. The number of nitrogens with zero attached hydrogens (tertiary/aromatic N) is 2. The Labute approximate surface area is 146 Å². The zero-order valence-corrected chi connectivity index (χ0v) is 15.2. The van der Waals surface area contributed by atoms with Crippen LogP contribution >= 0.6 is 0 Å². The van der Waals surface area contributed by atoms with E-state index in [2.05, 4.69) is 20.6 Å². The monoisotopic (exact) mass is 354 g/mol. The van der Waals surface area contributed by atoms with E-state index in [-0.39, 0.29) is 23.7 Å². The standard InChI is InChI=1S/C17H27FN4OS/c1-3-19-17(21-12-16-15(18)9-6-10-20-16)22-13-7-5-8-14(11-13)24(23)4-2/h6,9-10,13-14H,3-5,7-8,11-12H2,1-2H3,(H2,19,21,22). The predicted octanol–water partition coefficient (Wildman–Crippen LogP) is 2.36. The third-order valence-electron chi connectivity index (χ3n) is 4.19. The van der Waals surface area contributed by atoms with Crippen molar-refractivity contribution in [1.29, 1.82) is 0 Å². The number of halogens is 1. The molecule has 0 aliphatic heterocycles. The molecule has 7 heteroatoms. The van der Waals surface area contributed by atoms with Gasteiger partial charge in [0.25, 0.3) is 0 Å². The Morgan fingerprint density at radius 1 is 1.46 bits per heavy atom. The number of rotatable bonds is 6. The van der Waals surface area contributed by atoms with Gasteiger partial charge in [-0.1, -0.05) is 13.3 Å². The minimum absolute atomic E-state index is 0.193. The summed E-state index contributed by atoms with van der Waals surface area (Å²) in [5.41, 5.74) is 0.336. The highest BCUT2D eigenvalue weighted by Gasteiger charge is 2.26. The molecular weight excluding hydrogens is 327 g/mol. The molecule has 1 fully saturated rings. The Bertz CT molecular complexity index is 581. The number of nitrogens with one attached hydrogen (secondary N) is 2. The van der Waals surface area contributed by atoms with Gasteiger partial charge in [0.05, 0.1) is 12.2 Å². The van der Waals surface area contributed by atoms with Crippen LogP contribution in [0, 0.1) is 5.82 Å². The third-order valence-corrected chi connectivity index (χ3v) is 5.93. The van der Waals surface area contributed by atoms with Gasteiger partial charge in [0.2, 0.25) is 0 Å². The molecule has 2 N–H and O–H groups in total. The summed E-state index contributed by atoms with van der Waals surface area (Å²) in [5, 5.41) is 6.86. The second-order valence-electron chi connectivity index (χ2n) is 5.93. The van der Waals surface area contributed by atoms with Gasteiger partial charge in [-0.15, -0.1) is 0 Å². The van der Waals surface area contributed by atoms with Gasteiger partial charge in [0, 0.05) is 40.6 Å². The first kappa shape index (κ1) is 18.8. The lowest BCUT2D eigenvalue weighted by atomic mass is 9.95. The van der Waals surface area contributed by atoms with Crippen LogP contribution in [0.2, 0.25) is 0 Å². The van der Waals surface area contributed by atoms with Gasteiger partial charge in [0.1, 0.15) is 5.82 Å². The predicted molar refractivity (Wildman–Crippen MR) is 96.9 cm³/mol. The maximum Gasteiger partial charge on any atom is 0.191 e. The Morgan fingerprint density at radius 3 is 3.00 bits per heavy atom. The van der Waals surface area contributed by atoms with Crippen molar-refractivity contribution in [2.24, 2.45) is 4.99 Å². The van der Waals surface area contributed by atoms with Crippen LogP contribution in [0.5, 0.6) is 0 Å². The number of pyridine rings is 1. The van der Waals surface area contributed by atoms with Crippen molar-refractivity contribution in [2.75, 3.05) is 12.3 Å². The highest BCUT2D eigenvalue weighted by Crippen LogP contribution is 2.23. The fourth-order valence-corrected chi connectivity index (χ4v) is 4.30. The molecule has 1 saturated carbocycles. The molecule has 24 heavy (non-hydrogen) atoms. The molecule has 1 heterocycles. The SMILES string of the molecule is CCNC(=NCc1ncccc1F)NC1CCCC(S(=O)CC)C1. The summed E-state index contributed by atoms with van der Waals surface area (Å²) in [6.07, 6.45) is 5.61. The van der Waals surface area contributed by atoms with Crippen molar-refractivity contribution in [3.05, 3.63) is 29.8 Å². The van der Waals surface area contributed by atoms with Crippen LogP contribution in [0.1, 0.15) is 45.2 Å². The summed E-state index contributed by atoms with van der Waals surface area (Å²) in [5.74, 6) is 1.04. The Kier molecular flexibility index (Phi) is 7.62. The van der Waals surface area contributed by atoms with Crippen LogP contribution in [0.4, 0.5) is 4.39 Å². The largest absolute Gasteiger partial charge is 0.357 e. The molecule has 1 aliphatic rings. The van der Waals surface area contributed by atoms with Crippen LogP contribution in [0.15, 0.2) is 23.3 Å².